The molecule has 1 aromatic carbocycles. The van der Waals surface area contributed by atoms with Crippen molar-refractivity contribution < 1.29 is 9.59 Å². The Bertz CT molecular complexity index is 682. The smallest absolute Gasteiger partial charge is 0.247 e. The van der Waals surface area contributed by atoms with Gasteiger partial charge in [0.2, 0.25) is 11.8 Å². The summed E-state index contributed by atoms with van der Waals surface area (Å²) >= 11 is 0. The predicted octanol–water partition coefficient (Wildman–Crippen LogP) is 2.84. The Hall–Kier alpha value is -2.14. The van der Waals surface area contributed by atoms with E-state index in [1.54, 1.807) is 13.0 Å². The van der Waals surface area contributed by atoms with E-state index in [4.69, 9.17) is 5.73 Å². The average Bonchev–Trinajstić information content (AvgIpc) is 3.21. The van der Waals surface area contributed by atoms with E-state index in [1.807, 2.05) is 23.1 Å². The van der Waals surface area contributed by atoms with Crippen molar-refractivity contribution in [2.45, 2.75) is 64.2 Å². The normalized spacial score (nSPS) is 24.4. The summed E-state index contributed by atoms with van der Waals surface area (Å²) < 4.78 is 0. The van der Waals surface area contributed by atoms with Gasteiger partial charge in [0.1, 0.15) is 0 Å². The number of hydrogen-bond acceptors (Lipinski definition) is 3. The molecule has 2 amide bonds. The number of fused-ring (bicyclic) bond motifs is 5. The SMILES string of the molecule is CC[C@H](C)[C@@H](/C=C/C(=O)N1[C@@H]2CC[C@H]1c1ccccc12)NC(=O)[C@H](C)N. The first-order valence-electron chi connectivity index (χ1n) is 9.59. The molecule has 5 nitrogen and oxygen atoms in total. The molecule has 5 heteroatoms. The highest BCUT2D eigenvalue weighted by Gasteiger charge is 2.45. The summed E-state index contributed by atoms with van der Waals surface area (Å²) in [5.41, 5.74) is 8.24. The van der Waals surface area contributed by atoms with Crippen LogP contribution in [0.1, 0.15) is 63.2 Å². The lowest BCUT2D eigenvalue weighted by Gasteiger charge is -2.24. The van der Waals surface area contributed by atoms with E-state index in [9.17, 15) is 9.59 Å². The molecule has 5 atom stereocenters. The Morgan fingerprint density at radius 1 is 1.23 bits per heavy atom. The van der Waals surface area contributed by atoms with Crippen LogP contribution in [0.15, 0.2) is 36.4 Å². The maximum atomic E-state index is 12.9. The van der Waals surface area contributed by atoms with Gasteiger partial charge in [-0.25, -0.2) is 0 Å². The highest BCUT2D eigenvalue weighted by Crippen LogP contribution is 2.52. The third-order valence-electron chi connectivity index (χ3n) is 5.78. The fourth-order valence-electron chi connectivity index (χ4n) is 4.05. The van der Waals surface area contributed by atoms with E-state index in [1.165, 1.54) is 11.1 Å². The Balaban J connectivity index is 1.73. The summed E-state index contributed by atoms with van der Waals surface area (Å²) in [6.45, 7) is 5.80. The maximum absolute atomic E-state index is 12.9. The molecule has 2 bridgehead atoms. The Kier molecular flexibility index (Phi) is 5.47. The van der Waals surface area contributed by atoms with Crippen LogP contribution < -0.4 is 11.1 Å². The van der Waals surface area contributed by atoms with Crippen molar-refractivity contribution in [3.05, 3.63) is 47.5 Å². The molecule has 2 aliphatic heterocycles. The lowest BCUT2D eigenvalue weighted by molar-refractivity contribution is -0.128. The zero-order valence-corrected chi connectivity index (χ0v) is 15.8. The topological polar surface area (TPSA) is 75.4 Å². The van der Waals surface area contributed by atoms with Crippen LogP contribution in [0.3, 0.4) is 0 Å². The van der Waals surface area contributed by atoms with Gasteiger partial charge in [-0.05, 0) is 36.8 Å². The van der Waals surface area contributed by atoms with Crippen LogP contribution in [0.5, 0.6) is 0 Å². The van der Waals surface area contributed by atoms with Gasteiger partial charge < -0.3 is 16.0 Å². The third kappa shape index (κ3) is 3.40. The first kappa shape index (κ1) is 18.6. The molecule has 0 radical (unpaired) electrons. The zero-order chi connectivity index (χ0) is 18.8. The monoisotopic (exact) mass is 355 g/mol. The lowest BCUT2D eigenvalue weighted by Crippen LogP contribution is -2.45. The number of benzene rings is 1. The summed E-state index contributed by atoms with van der Waals surface area (Å²) in [6.07, 6.45) is 6.42. The molecule has 1 saturated heterocycles. The van der Waals surface area contributed by atoms with E-state index < -0.39 is 6.04 Å². The van der Waals surface area contributed by atoms with Gasteiger partial charge in [-0.2, -0.15) is 0 Å². The molecular weight excluding hydrogens is 326 g/mol. The van der Waals surface area contributed by atoms with Crippen LogP contribution >= 0.6 is 0 Å². The number of nitrogens with two attached hydrogens (primary N) is 1. The van der Waals surface area contributed by atoms with Gasteiger partial charge in [-0.1, -0.05) is 50.6 Å². The minimum Gasteiger partial charge on any atom is -0.348 e. The minimum atomic E-state index is -0.561. The number of nitrogens with one attached hydrogen (secondary N) is 1. The first-order chi connectivity index (χ1) is 12.4. The van der Waals surface area contributed by atoms with Crippen LogP contribution in [0.2, 0.25) is 0 Å². The summed E-state index contributed by atoms with van der Waals surface area (Å²) in [6, 6.07) is 7.98. The van der Waals surface area contributed by atoms with Crippen molar-refractivity contribution in [1.29, 1.82) is 0 Å². The van der Waals surface area contributed by atoms with Gasteiger partial charge in [0, 0.05) is 6.08 Å². The molecule has 2 heterocycles. The van der Waals surface area contributed by atoms with E-state index >= 15 is 0 Å². The van der Waals surface area contributed by atoms with Crippen LogP contribution in [-0.4, -0.2) is 28.8 Å². The number of nitrogens with zero attached hydrogens (tertiary/aromatic N) is 1. The van der Waals surface area contributed by atoms with Crippen LogP contribution in [0.4, 0.5) is 0 Å². The number of hydrogen-bond donors (Lipinski definition) is 2. The molecule has 0 saturated carbocycles. The number of rotatable bonds is 6. The molecule has 0 unspecified atom stereocenters. The highest BCUT2D eigenvalue weighted by atomic mass is 16.2. The summed E-state index contributed by atoms with van der Waals surface area (Å²) in [5.74, 6) is 0.0624. The Labute approximate surface area is 155 Å². The third-order valence-corrected chi connectivity index (χ3v) is 5.78. The van der Waals surface area contributed by atoms with Gasteiger partial charge in [0.15, 0.2) is 0 Å². The van der Waals surface area contributed by atoms with E-state index in [0.717, 1.165) is 19.3 Å². The Morgan fingerprint density at radius 3 is 2.31 bits per heavy atom. The molecule has 3 N–H and O–H groups in total. The second-order valence-electron chi connectivity index (χ2n) is 7.55. The fourth-order valence-corrected chi connectivity index (χ4v) is 4.05. The maximum Gasteiger partial charge on any atom is 0.247 e. The van der Waals surface area contributed by atoms with Crippen LogP contribution in [0, 0.1) is 5.92 Å². The summed E-state index contributed by atoms with van der Waals surface area (Å²) in [5, 5.41) is 2.95. The molecule has 0 aliphatic carbocycles. The Morgan fingerprint density at radius 2 is 1.81 bits per heavy atom. The predicted molar refractivity (Wildman–Crippen MR) is 102 cm³/mol. The van der Waals surface area contributed by atoms with E-state index in [2.05, 4.69) is 31.3 Å². The van der Waals surface area contributed by atoms with Crippen molar-refractivity contribution >= 4 is 11.8 Å². The number of carbonyl (C=O) groups excluding carboxylic acids is 2. The molecule has 140 valence electrons. The van der Waals surface area contributed by atoms with Crippen molar-refractivity contribution in [3.8, 4) is 0 Å². The van der Waals surface area contributed by atoms with Gasteiger partial charge in [0.25, 0.3) is 0 Å². The van der Waals surface area contributed by atoms with Crippen molar-refractivity contribution in [2.75, 3.05) is 0 Å². The molecule has 3 rings (SSSR count). The highest BCUT2D eigenvalue weighted by molar-refractivity contribution is 5.89. The van der Waals surface area contributed by atoms with Crippen LogP contribution in [-0.2, 0) is 9.59 Å². The molecular formula is C21H29N3O2. The van der Waals surface area contributed by atoms with Gasteiger partial charge in [-0.3, -0.25) is 9.59 Å². The van der Waals surface area contributed by atoms with E-state index in [0.29, 0.717) is 0 Å². The summed E-state index contributed by atoms with van der Waals surface area (Å²) in [7, 11) is 0. The van der Waals surface area contributed by atoms with Gasteiger partial charge in [-0.15, -0.1) is 0 Å². The quantitative estimate of drug-likeness (QED) is 0.771. The minimum absolute atomic E-state index is 0.0250. The second-order valence-corrected chi connectivity index (χ2v) is 7.55. The van der Waals surface area contributed by atoms with Gasteiger partial charge >= 0.3 is 0 Å². The van der Waals surface area contributed by atoms with Crippen molar-refractivity contribution in [3.63, 3.8) is 0 Å². The van der Waals surface area contributed by atoms with E-state index in [-0.39, 0.29) is 35.9 Å². The van der Waals surface area contributed by atoms with Crippen molar-refractivity contribution in [2.24, 2.45) is 11.7 Å². The molecule has 26 heavy (non-hydrogen) atoms. The molecule has 0 spiro atoms. The molecule has 2 aliphatic rings. The molecule has 1 aromatic rings. The number of amides is 2. The zero-order valence-electron chi connectivity index (χ0n) is 15.8. The number of carbonyl (C=O) groups is 2. The largest absolute Gasteiger partial charge is 0.348 e. The molecule has 0 aromatic heterocycles. The lowest BCUT2D eigenvalue weighted by atomic mass is 9.92. The second kappa shape index (κ2) is 7.62. The van der Waals surface area contributed by atoms with Crippen molar-refractivity contribution in [1.82, 2.24) is 10.2 Å². The first-order valence-corrected chi connectivity index (χ1v) is 9.59. The molecule has 1 fully saturated rings. The fraction of sp³-hybridized carbons (Fsp3) is 0.524. The standard InChI is InChI=1S/C21H29N3O2/c1-4-13(2)17(23-21(26)14(3)22)9-12-20(25)24-18-10-11-19(24)16-8-6-5-7-15(16)18/h5-9,12-14,17-19H,4,10-11,22H2,1-3H3,(H,23,26)/b12-9+/t13-,14-,17+,18-,19+/m0/s1. The average molecular weight is 355 g/mol. The summed E-state index contributed by atoms with van der Waals surface area (Å²) in [4.78, 5) is 26.9. The van der Waals surface area contributed by atoms with Crippen LogP contribution in [0.25, 0.3) is 0 Å². The van der Waals surface area contributed by atoms with Gasteiger partial charge in [0.05, 0.1) is 24.2 Å².